The van der Waals surface area contributed by atoms with Crippen LogP contribution in [0.1, 0.15) is 48.5 Å². The van der Waals surface area contributed by atoms with Gasteiger partial charge in [-0.25, -0.2) is 13.3 Å². The van der Waals surface area contributed by atoms with Crippen LogP contribution in [0.4, 0.5) is 8.78 Å². The fourth-order valence-corrected chi connectivity index (χ4v) is 5.49. The van der Waals surface area contributed by atoms with Crippen molar-refractivity contribution >= 4 is 18.7 Å². The molecule has 8 nitrogen and oxygen atoms in total. The van der Waals surface area contributed by atoms with E-state index in [1.54, 1.807) is 48.5 Å². The summed E-state index contributed by atoms with van der Waals surface area (Å²) in [5.74, 6) is -1.14. The Morgan fingerprint density at radius 2 is 1.55 bits per heavy atom. The number of aromatic nitrogens is 1. The van der Waals surface area contributed by atoms with Crippen LogP contribution in [0.25, 0.3) is 22.0 Å². The van der Waals surface area contributed by atoms with E-state index >= 15 is 8.78 Å². The van der Waals surface area contributed by atoms with Gasteiger partial charge in [-0.1, -0.05) is 0 Å². The fraction of sp³-hybridized carbons (Fsp3) is 0.444. The molecular formula is C27H34F2NO7P. The van der Waals surface area contributed by atoms with E-state index in [0.29, 0.717) is 0 Å². The summed E-state index contributed by atoms with van der Waals surface area (Å²) in [7, 11) is -2.81. The van der Waals surface area contributed by atoms with Gasteiger partial charge in [0.1, 0.15) is 29.9 Å². The Bertz CT molecular complexity index is 1400. The van der Waals surface area contributed by atoms with Gasteiger partial charge in [-0.3, -0.25) is 18.4 Å². The number of phosphoric acid groups is 1. The second-order valence-corrected chi connectivity index (χ2v) is 12.0. The van der Waals surface area contributed by atoms with Crippen molar-refractivity contribution in [2.45, 2.75) is 66.4 Å². The Morgan fingerprint density at radius 3 is 2.08 bits per heavy atom. The lowest BCUT2D eigenvalue weighted by atomic mass is 10.0. The summed E-state index contributed by atoms with van der Waals surface area (Å²) in [5.41, 5.74) is -2.71. The highest BCUT2D eigenvalue weighted by atomic mass is 31.2. The molecule has 0 radical (unpaired) electrons. The average Bonchev–Trinajstić information content (AvgIpc) is 2.78. The van der Waals surface area contributed by atoms with Gasteiger partial charge in [-0.05, 0) is 72.7 Å². The molecule has 0 saturated heterocycles. The molecular weight excluding hydrogens is 519 g/mol. The summed E-state index contributed by atoms with van der Waals surface area (Å²) in [6, 6.07) is 6.45. The molecule has 38 heavy (non-hydrogen) atoms. The molecule has 0 spiro atoms. The number of ether oxygens (including phenoxy) is 2. The van der Waals surface area contributed by atoms with E-state index in [9.17, 15) is 9.36 Å². The zero-order chi connectivity index (χ0) is 28.5. The van der Waals surface area contributed by atoms with Gasteiger partial charge in [0.2, 0.25) is 0 Å². The molecule has 0 amide bonds. The second-order valence-electron chi connectivity index (χ2n) is 10.5. The summed E-state index contributed by atoms with van der Waals surface area (Å²) in [6.45, 7) is 11.6. The van der Waals surface area contributed by atoms with Gasteiger partial charge in [-0.2, -0.15) is 0 Å². The summed E-state index contributed by atoms with van der Waals surface area (Å²) in [6.07, 6.45) is 1.30. The van der Waals surface area contributed by atoms with Crippen LogP contribution in [0.5, 0.6) is 11.5 Å². The average molecular weight is 554 g/mol. The maximum Gasteiger partial charge on any atom is 0.477 e. The van der Waals surface area contributed by atoms with Crippen LogP contribution in [-0.4, -0.2) is 29.5 Å². The van der Waals surface area contributed by atoms with Gasteiger partial charge >= 0.3 is 7.82 Å². The third-order valence-corrected chi connectivity index (χ3v) is 7.00. The molecule has 1 aromatic heterocycles. The van der Waals surface area contributed by atoms with Crippen LogP contribution in [-0.2, 0) is 24.9 Å². The van der Waals surface area contributed by atoms with Crippen molar-refractivity contribution < 1.29 is 36.4 Å². The Kier molecular flexibility index (Phi) is 8.73. The van der Waals surface area contributed by atoms with Crippen molar-refractivity contribution in [1.82, 2.24) is 4.57 Å². The number of halogens is 2. The number of methoxy groups -OCH3 is 1. The predicted molar refractivity (Wildman–Crippen MR) is 142 cm³/mol. The van der Waals surface area contributed by atoms with Gasteiger partial charge in [0.15, 0.2) is 5.43 Å². The van der Waals surface area contributed by atoms with E-state index < -0.39 is 42.8 Å². The second kappa shape index (κ2) is 11.1. The topological polar surface area (TPSA) is 85.2 Å². The first-order chi connectivity index (χ1) is 17.6. The Balaban J connectivity index is 2.25. The molecule has 0 aliphatic heterocycles. The number of phosphoric ester groups is 1. The molecule has 3 aromatic rings. The number of pyridine rings is 1. The number of hydrogen-bond donors (Lipinski definition) is 0. The summed E-state index contributed by atoms with van der Waals surface area (Å²) in [4.78, 5) is 13.5. The Hall–Kier alpha value is -2.78. The van der Waals surface area contributed by atoms with E-state index in [0.717, 1.165) is 12.1 Å². The quantitative estimate of drug-likeness (QED) is 0.262. The fourth-order valence-electron chi connectivity index (χ4n) is 3.74. The number of hydrogen-bond acceptors (Lipinski definition) is 7. The van der Waals surface area contributed by atoms with Crippen LogP contribution < -0.4 is 14.9 Å². The molecule has 3 rings (SSSR count). The first-order valence-corrected chi connectivity index (χ1v) is 13.5. The molecule has 11 heteroatoms. The summed E-state index contributed by atoms with van der Waals surface area (Å²) >= 11 is 0. The van der Waals surface area contributed by atoms with Gasteiger partial charge in [-0.15, -0.1) is 0 Å². The van der Waals surface area contributed by atoms with Crippen LogP contribution >= 0.6 is 7.82 Å². The van der Waals surface area contributed by atoms with Crippen LogP contribution in [0.2, 0.25) is 0 Å². The molecule has 1 heterocycles. The predicted octanol–water partition coefficient (Wildman–Crippen LogP) is 7.07. The Morgan fingerprint density at radius 1 is 0.921 bits per heavy atom. The standard InChI is InChI=1S/C27H34F2NO7P/c1-9-34-22-13-12-20(28)23-24(22)30(16-35-38(32,36-26(2,3)4)37-27(5,6)7)15-19(25(23)31)18-11-10-17(33-8)14-21(18)29/h10-15H,9,16H2,1-8H3. The molecule has 0 saturated carbocycles. The largest absolute Gasteiger partial charge is 0.497 e. The number of rotatable bonds is 9. The molecule has 208 valence electrons. The smallest absolute Gasteiger partial charge is 0.477 e. The molecule has 0 atom stereocenters. The number of fused-ring (bicyclic) bond motifs is 1. The summed E-state index contributed by atoms with van der Waals surface area (Å²) in [5, 5.41) is -0.337. The molecule has 0 N–H and O–H groups in total. The van der Waals surface area contributed by atoms with E-state index in [1.165, 1.54) is 36.1 Å². The zero-order valence-electron chi connectivity index (χ0n) is 22.9. The lowest BCUT2D eigenvalue weighted by molar-refractivity contribution is -0.00573. The van der Waals surface area contributed by atoms with Crippen molar-refractivity contribution in [2.24, 2.45) is 0 Å². The molecule has 2 aromatic carbocycles. The van der Waals surface area contributed by atoms with Crippen LogP contribution in [0, 0.1) is 11.6 Å². The minimum atomic E-state index is -4.19. The van der Waals surface area contributed by atoms with Gasteiger partial charge in [0, 0.05) is 23.4 Å². The number of nitrogens with zero attached hydrogens (tertiary/aromatic N) is 1. The highest BCUT2D eigenvalue weighted by molar-refractivity contribution is 7.48. The molecule has 0 aliphatic rings. The van der Waals surface area contributed by atoms with Crippen LogP contribution in [0.15, 0.2) is 41.3 Å². The van der Waals surface area contributed by atoms with Crippen molar-refractivity contribution in [1.29, 1.82) is 0 Å². The van der Waals surface area contributed by atoms with Crippen molar-refractivity contribution in [2.75, 3.05) is 13.7 Å². The van der Waals surface area contributed by atoms with Crippen molar-refractivity contribution in [3.05, 3.63) is 58.4 Å². The SMILES string of the molecule is CCOc1ccc(F)c2c(=O)c(-c3ccc(OC)cc3F)cn(COP(=O)(OC(C)(C)C)OC(C)(C)C)c12. The lowest BCUT2D eigenvalue weighted by Gasteiger charge is -2.31. The van der Waals surface area contributed by atoms with Gasteiger partial charge in [0.25, 0.3) is 0 Å². The van der Waals surface area contributed by atoms with E-state index in [-0.39, 0.29) is 40.1 Å². The first-order valence-electron chi connectivity index (χ1n) is 12.1. The number of benzene rings is 2. The third-order valence-electron chi connectivity index (χ3n) is 5.03. The van der Waals surface area contributed by atoms with Crippen LogP contribution in [0.3, 0.4) is 0 Å². The summed E-state index contributed by atoms with van der Waals surface area (Å²) < 4.78 is 72.9. The zero-order valence-corrected chi connectivity index (χ0v) is 23.8. The molecule has 0 aliphatic carbocycles. The van der Waals surface area contributed by atoms with Crippen molar-refractivity contribution in [3.8, 4) is 22.6 Å². The van der Waals surface area contributed by atoms with E-state index in [4.69, 9.17) is 23.0 Å². The molecule has 0 fully saturated rings. The minimum absolute atomic E-state index is 0.0487. The highest BCUT2D eigenvalue weighted by Gasteiger charge is 2.37. The third kappa shape index (κ3) is 6.99. The van der Waals surface area contributed by atoms with E-state index in [2.05, 4.69) is 0 Å². The normalized spacial score (nSPS) is 12.7. The molecule has 0 bridgehead atoms. The maximum absolute atomic E-state index is 15.2. The Labute approximate surface area is 221 Å². The van der Waals surface area contributed by atoms with Crippen molar-refractivity contribution in [3.63, 3.8) is 0 Å². The van der Waals surface area contributed by atoms with Gasteiger partial charge < -0.3 is 14.0 Å². The minimum Gasteiger partial charge on any atom is -0.497 e. The molecule has 0 unspecified atom stereocenters. The first kappa shape index (κ1) is 29.8. The monoisotopic (exact) mass is 553 g/mol. The van der Waals surface area contributed by atoms with Gasteiger partial charge in [0.05, 0.1) is 35.8 Å². The highest BCUT2D eigenvalue weighted by Crippen LogP contribution is 2.55. The lowest BCUT2D eigenvalue weighted by Crippen LogP contribution is -2.25. The van der Waals surface area contributed by atoms with E-state index in [1.807, 2.05) is 0 Å². The maximum atomic E-state index is 15.2.